The monoisotopic (exact) mass is 464 g/mol. The number of carbonyl (C=O) groups is 2. The lowest BCUT2D eigenvalue weighted by atomic mass is 10.0. The third-order valence-electron chi connectivity index (χ3n) is 5.28. The van der Waals surface area contributed by atoms with Crippen LogP contribution in [0.4, 0.5) is 0 Å². The molecular weight excluding hydrogens is 436 g/mol. The lowest BCUT2D eigenvalue weighted by molar-refractivity contribution is -0.141. The molecule has 0 aliphatic heterocycles. The van der Waals surface area contributed by atoms with E-state index in [9.17, 15) is 9.59 Å². The van der Waals surface area contributed by atoms with Crippen molar-refractivity contribution in [3.63, 3.8) is 0 Å². The van der Waals surface area contributed by atoms with Crippen LogP contribution in [-0.4, -0.2) is 37.0 Å². The molecule has 0 saturated carbocycles. The predicted octanol–water partition coefficient (Wildman–Crippen LogP) is 4.81. The van der Waals surface area contributed by atoms with E-state index in [0.717, 1.165) is 16.7 Å². The smallest absolute Gasteiger partial charge is 0.247 e. The molecule has 0 aliphatic carbocycles. The molecule has 0 fully saturated rings. The van der Waals surface area contributed by atoms with Crippen LogP contribution >= 0.6 is 11.6 Å². The molecule has 172 valence electrons. The number of benzene rings is 3. The van der Waals surface area contributed by atoms with Gasteiger partial charge in [-0.05, 0) is 35.2 Å². The first kappa shape index (κ1) is 24.5. The molecule has 5 nitrogen and oxygen atoms in total. The summed E-state index contributed by atoms with van der Waals surface area (Å²) in [5.41, 5.74) is 2.56. The molecule has 0 radical (unpaired) electrons. The fourth-order valence-corrected chi connectivity index (χ4v) is 3.74. The lowest BCUT2D eigenvalue weighted by Crippen LogP contribution is -2.44. The average molecular weight is 465 g/mol. The van der Waals surface area contributed by atoms with Crippen molar-refractivity contribution in [2.24, 2.45) is 0 Å². The van der Waals surface area contributed by atoms with Crippen molar-refractivity contribution in [2.45, 2.75) is 25.4 Å². The van der Waals surface area contributed by atoms with Gasteiger partial charge in [0.15, 0.2) is 0 Å². The van der Waals surface area contributed by atoms with Gasteiger partial charge < -0.3 is 15.0 Å². The molecule has 1 atom stereocenters. The number of hydrogen-bond donors (Lipinski definition) is 1. The van der Waals surface area contributed by atoms with Crippen LogP contribution in [0, 0.1) is 0 Å². The highest BCUT2D eigenvalue weighted by atomic mass is 35.5. The highest BCUT2D eigenvalue weighted by molar-refractivity contribution is 6.30. The number of methoxy groups -OCH3 is 1. The SMILES string of the molecule is COCCCNC(=O)[C@@H](c1ccccc1)N(Cc1ccc(Cl)cc1)C(=O)Cc1ccccc1. The molecule has 6 heteroatoms. The van der Waals surface area contributed by atoms with Gasteiger partial charge >= 0.3 is 0 Å². The zero-order valence-corrected chi connectivity index (χ0v) is 19.5. The van der Waals surface area contributed by atoms with E-state index in [1.54, 1.807) is 24.1 Å². The normalized spacial score (nSPS) is 11.6. The molecule has 0 spiro atoms. The summed E-state index contributed by atoms with van der Waals surface area (Å²) >= 11 is 6.05. The first-order valence-electron chi connectivity index (χ1n) is 11.0. The summed E-state index contributed by atoms with van der Waals surface area (Å²) in [5, 5.41) is 3.60. The van der Waals surface area contributed by atoms with Gasteiger partial charge in [-0.1, -0.05) is 84.4 Å². The van der Waals surface area contributed by atoms with Crippen molar-refractivity contribution in [1.29, 1.82) is 0 Å². The Morgan fingerprint density at radius 1 is 0.909 bits per heavy atom. The quantitative estimate of drug-likeness (QED) is 0.414. The van der Waals surface area contributed by atoms with E-state index in [1.807, 2.05) is 72.8 Å². The van der Waals surface area contributed by atoms with Crippen LogP contribution in [0.5, 0.6) is 0 Å². The van der Waals surface area contributed by atoms with Crippen LogP contribution in [-0.2, 0) is 27.3 Å². The standard InChI is InChI=1S/C27H29ClN2O3/c1-33-18-8-17-29-27(32)26(23-11-6-3-7-12-23)30(20-22-13-15-24(28)16-14-22)25(31)19-21-9-4-2-5-10-21/h2-7,9-16,26H,8,17-20H2,1H3,(H,29,32)/t26-/m1/s1. The van der Waals surface area contributed by atoms with Gasteiger partial charge in [0.25, 0.3) is 0 Å². The summed E-state index contributed by atoms with van der Waals surface area (Å²) in [6.45, 7) is 1.31. The van der Waals surface area contributed by atoms with E-state index in [0.29, 0.717) is 24.6 Å². The molecular formula is C27H29ClN2O3. The zero-order valence-electron chi connectivity index (χ0n) is 18.7. The second-order valence-electron chi connectivity index (χ2n) is 7.76. The van der Waals surface area contributed by atoms with Gasteiger partial charge in [-0.2, -0.15) is 0 Å². The first-order valence-corrected chi connectivity index (χ1v) is 11.4. The van der Waals surface area contributed by atoms with Crippen LogP contribution in [0.3, 0.4) is 0 Å². The van der Waals surface area contributed by atoms with Gasteiger partial charge in [0, 0.05) is 31.8 Å². The Bertz CT molecular complexity index is 1010. The number of nitrogens with one attached hydrogen (secondary N) is 1. The molecule has 0 heterocycles. The van der Waals surface area contributed by atoms with Gasteiger partial charge in [0.1, 0.15) is 6.04 Å². The van der Waals surface area contributed by atoms with Crippen molar-refractivity contribution < 1.29 is 14.3 Å². The average Bonchev–Trinajstić information content (AvgIpc) is 2.84. The Morgan fingerprint density at radius 3 is 2.18 bits per heavy atom. The molecule has 0 bridgehead atoms. The minimum atomic E-state index is -0.763. The summed E-state index contributed by atoms with van der Waals surface area (Å²) < 4.78 is 5.08. The molecule has 2 amide bonds. The van der Waals surface area contributed by atoms with Crippen LogP contribution in [0.2, 0.25) is 5.02 Å². The molecule has 3 rings (SSSR count). The first-order chi connectivity index (χ1) is 16.1. The molecule has 0 unspecified atom stereocenters. The summed E-state index contributed by atoms with van der Waals surface area (Å²) in [4.78, 5) is 28.6. The van der Waals surface area contributed by atoms with E-state index in [2.05, 4.69) is 5.32 Å². The summed E-state index contributed by atoms with van der Waals surface area (Å²) in [6.07, 6.45) is 0.896. The van der Waals surface area contributed by atoms with Gasteiger partial charge in [-0.15, -0.1) is 0 Å². The molecule has 0 saturated heterocycles. The Hall–Kier alpha value is -3.15. The number of nitrogens with zero attached hydrogens (tertiary/aromatic N) is 1. The Balaban J connectivity index is 1.93. The van der Waals surface area contributed by atoms with Crippen molar-refractivity contribution in [2.75, 3.05) is 20.3 Å². The second-order valence-corrected chi connectivity index (χ2v) is 8.20. The largest absolute Gasteiger partial charge is 0.385 e. The highest BCUT2D eigenvalue weighted by Crippen LogP contribution is 2.25. The fourth-order valence-electron chi connectivity index (χ4n) is 3.61. The van der Waals surface area contributed by atoms with Crippen molar-refractivity contribution in [3.8, 4) is 0 Å². The number of hydrogen-bond acceptors (Lipinski definition) is 3. The molecule has 0 aromatic heterocycles. The van der Waals surface area contributed by atoms with Crippen molar-refractivity contribution in [3.05, 3.63) is 107 Å². The minimum Gasteiger partial charge on any atom is -0.385 e. The summed E-state index contributed by atoms with van der Waals surface area (Å²) in [7, 11) is 1.63. The third kappa shape index (κ3) is 7.45. The van der Waals surface area contributed by atoms with Crippen LogP contribution in [0.15, 0.2) is 84.9 Å². The summed E-state index contributed by atoms with van der Waals surface area (Å²) in [5.74, 6) is -0.343. The van der Waals surface area contributed by atoms with Crippen molar-refractivity contribution in [1.82, 2.24) is 10.2 Å². The Kier molecular flexibility index (Phi) is 9.48. The van der Waals surface area contributed by atoms with Crippen LogP contribution < -0.4 is 5.32 Å². The van der Waals surface area contributed by atoms with Gasteiger partial charge in [-0.25, -0.2) is 0 Å². The van der Waals surface area contributed by atoms with Crippen LogP contribution in [0.25, 0.3) is 0 Å². The molecule has 0 aliphatic rings. The number of ether oxygens (including phenoxy) is 1. The molecule has 1 N–H and O–H groups in total. The summed E-state index contributed by atoms with van der Waals surface area (Å²) in [6, 6.07) is 25.5. The Morgan fingerprint density at radius 2 is 1.55 bits per heavy atom. The Labute approximate surface area is 200 Å². The van der Waals surface area contributed by atoms with Gasteiger partial charge in [-0.3, -0.25) is 9.59 Å². The van der Waals surface area contributed by atoms with E-state index in [-0.39, 0.29) is 24.8 Å². The van der Waals surface area contributed by atoms with Crippen molar-refractivity contribution >= 4 is 23.4 Å². The number of rotatable bonds is 11. The fraction of sp³-hybridized carbons (Fsp3) is 0.259. The maximum atomic E-state index is 13.6. The van der Waals surface area contributed by atoms with Crippen LogP contribution in [0.1, 0.15) is 29.2 Å². The van der Waals surface area contributed by atoms with E-state index < -0.39 is 6.04 Å². The second kappa shape index (κ2) is 12.8. The van der Waals surface area contributed by atoms with Gasteiger partial charge in [0.2, 0.25) is 11.8 Å². The van der Waals surface area contributed by atoms with Gasteiger partial charge in [0.05, 0.1) is 6.42 Å². The maximum Gasteiger partial charge on any atom is 0.247 e. The lowest BCUT2D eigenvalue weighted by Gasteiger charge is -2.32. The zero-order chi connectivity index (χ0) is 23.5. The third-order valence-corrected chi connectivity index (χ3v) is 5.54. The molecule has 3 aromatic rings. The minimum absolute atomic E-state index is 0.128. The predicted molar refractivity (Wildman–Crippen MR) is 131 cm³/mol. The van der Waals surface area contributed by atoms with E-state index >= 15 is 0 Å². The molecule has 3 aromatic carbocycles. The number of carbonyl (C=O) groups excluding carboxylic acids is 2. The highest BCUT2D eigenvalue weighted by Gasteiger charge is 2.31. The topological polar surface area (TPSA) is 58.6 Å². The number of halogens is 1. The molecule has 33 heavy (non-hydrogen) atoms. The maximum absolute atomic E-state index is 13.6. The van der Waals surface area contributed by atoms with E-state index in [1.165, 1.54) is 0 Å². The van der Waals surface area contributed by atoms with E-state index in [4.69, 9.17) is 16.3 Å². The number of amides is 2.